The minimum Gasteiger partial charge on any atom is -1.00 e. The van der Waals surface area contributed by atoms with E-state index < -0.39 is 0 Å². The summed E-state index contributed by atoms with van der Waals surface area (Å²) in [7, 11) is 4.12. The summed E-state index contributed by atoms with van der Waals surface area (Å²) in [5.74, 6) is 0. The molecule has 0 amide bonds. The van der Waals surface area contributed by atoms with E-state index in [-0.39, 0.29) is 48.0 Å². The number of fused-ring (bicyclic) bond motifs is 2. The van der Waals surface area contributed by atoms with Crippen LogP contribution in [0.4, 0.5) is 0 Å². The molecule has 0 spiro atoms. The van der Waals surface area contributed by atoms with Crippen LogP contribution in [0.1, 0.15) is 0 Å². The fraction of sp³-hybridized carbons (Fsp3) is 0.100. The lowest BCUT2D eigenvalue weighted by molar-refractivity contribution is -0.645. The first-order valence-electron chi connectivity index (χ1n) is 7.42. The third kappa shape index (κ3) is 4.86. The molecular weight excluding hydrogens is 522 g/mol. The standard InChI is InChI=1S/2C10H10N.2HI/c2*1-11-8-4-6-9-5-2-3-7-10(9)11;;/h2*2-8H,1H3;2*1H/q2*+1;;/p-2. The molecule has 2 aromatic heterocycles. The second kappa shape index (κ2) is 9.88. The van der Waals surface area contributed by atoms with Crippen molar-refractivity contribution in [2.45, 2.75) is 0 Å². The summed E-state index contributed by atoms with van der Waals surface area (Å²) >= 11 is 0. The molecule has 0 saturated heterocycles. The molecule has 2 nitrogen and oxygen atoms in total. The van der Waals surface area contributed by atoms with Crippen LogP contribution in [0.3, 0.4) is 0 Å². The van der Waals surface area contributed by atoms with Crippen LogP contribution in [0.2, 0.25) is 0 Å². The molecule has 24 heavy (non-hydrogen) atoms. The highest BCUT2D eigenvalue weighted by Crippen LogP contribution is 2.07. The van der Waals surface area contributed by atoms with Gasteiger partial charge in [0, 0.05) is 35.0 Å². The number of rotatable bonds is 0. The molecule has 2 aromatic carbocycles. The molecule has 2 heterocycles. The van der Waals surface area contributed by atoms with Crippen LogP contribution in [0.5, 0.6) is 0 Å². The van der Waals surface area contributed by atoms with E-state index in [9.17, 15) is 0 Å². The highest BCUT2D eigenvalue weighted by molar-refractivity contribution is 5.75. The van der Waals surface area contributed by atoms with Gasteiger partial charge in [0.25, 0.3) is 0 Å². The molecule has 4 rings (SSSR count). The third-order valence-corrected chi connectivity index (χ3v) is 3.80. The molecule has 0 aliphatic rings. The van der Waals surface area contributed by atoms with Gasteiger partial charge in [-0.15, -0.1) is 0 Å². The molecule has 0 aliphatic heterocycles. The largest absolute Gasteiger partial charge is 1.00 e. The zero-order chi connectivity index (χ0) is 15.4. The summed E-state index contributed by atoms with van der Waals surface area (Å²) in [4.78, 5) is 0. The first-order valence-corrected chi connectivity index (χ1v) is 7.42. The van der Waals surface area contributed by atoms with Gasteiger partial charge >= 0.3 is 0 Å². The molecule has 0 N–H and O–H groups in total. The molecule has 4 heteroatoms. The number of nitrogens with zero attached hydrogens (tertiary/aromatic N) is 2. The van der Waals surface area contributed by atoms with Gasteiger partial charge in [-0.1, -0.05) is 24.3 Å². The van der Waals surface area contributed by atoms with Crippen molar-refractivity contribution in [3.8, 4) is 0 Å². The van der Waals surface area contributed by atoms with E-state index in [1.165, 1.54) is 21.8 Å². The monoisotopic (exact) mass is 542 g/mol. The van der Waals surface area contributed by atoms with Crippen molar-refractivity contribution < 1.29 is 57.1 Å². The molecule has 124 valence electrons. The molecule has 0 saturated carbocycles. The minimum atomic E-state index is 0. The molecule has 0 aliphatic carbocycles. The minimum absolute atomic E-state index is 0. The highest BCUT2D eigenvalue weighted by atomic mass is 127. The molecule has 0 radical (unpaired) electrons. The summed E-state index contributed by atoms with van der Waals surface area (Å²) in [5, 5.41) is 2.58. The average Bonchev–Trinajstić information content (AvgIpc) is 2.57. The third-order valence-electron chi connectivity index (χ3n) is 3.80. The maximum atomic E-state index is 2.12. The van der Waals surface area contributed by atoms with Gasteiger partial charge in [0.2, 0.25) is 11.0 Å². The number of hydrogen-bond donors (Lipinski definition) is 0. The SMILES string of the molecule is C[n+]1cccc2ccccc21.C[n+]1cccc2ccccc21.[I-].[I-]. The van der Waals surface area contributed by atoms with Crippen molar-refractivity contribution in [1.29, 1.82) is 0 Å². The summed E-state index contributed by atoms with van der Waals surface area (Å²) in [6.45, 7) is 0. The van der Waals surface area contributed by atoms with Crippen molar-refractivity contribution in [2.24, 2.45) is 14.1 Å². The molecule has 0 bridgehead atoms. The summed E-state index contributed by atoms with van der Waals surface area (Å²) in [6, 6.07) is 25.1. The van der Waals surface area contributed by atoms with Crippen LogP contribution in [0.25, 0.3) is 21.8 Å². The van der Waals surface area contributed by atoms with E-state index >= 15 is 0 Å². The second-order valence-electron chi connectivity index (χ2n) is 5.36. The molecule has 4 aromatic rings. The van der Waals surface area contributed by atoms with Crippen molar-refractivity contribution in [3.63, 3.8) is 0 Å². The van der Waals surface area contributed by atoms with Crippen LogP contribution in [-0.4, -0.2) is 0 Å². The Bertz CT molecular complexity index is 835. The van der Waals surface area contributed by atoms with Crippen molar-refractivity contribution in [2.75, 3.05) is 0 Å². The first kappa shape index (κ1) is 20.8. The Morgan fingerprint density at radius 2 is 0.833 bits per heavy atom. The van der Waals surface area contributed by atoms with Gasteiger partial charge in [-0.3, -0.25) is 0 Å². The number of benzene rings is 2. The van der Waals surface area contributed by atoms with Gasteiger partial charge in [-0.2, -0.15) is 0 Å². The number of aromatic nitrogens is 2. The Balaban J connectivity index is 0.000000222. The van der Waals surface area contributed by atoms with Crippen LogP contribution < -0.4 is 57.1 Å². The maximum absolute atomic E-state index is 2.12. The maximum Gasteiger partial charge on any atom is 0.212 e. The van der Waals surface area contributed by atoms with Crippen LogP contribution in [0, 0.1) is 0 Å². The van der Waals surface area contributed by atoms with Gasteiger partial charge in [-0.25, -0.2) is 9.13 Å². The van der Waals surface area contributed by atoms with Gasteiger partial charge in [-0.05, 0) is 24.3 Å². The number of para-hydroxylation sites is 2. The van der Waals surface area contributed by atoms with Crippen molar-refractivity contribution in [3.05, 3.63) is 85.2 Å². The number of hydrogen-bond acceptors (Lipinski definition) is 0. The Morgan fingerprint density at radius 3 is 1.21 bits per heavy atom. The van der Waals surface area contributed by atoms with Gasteiger partial charge < -0.3 is 48.0 Å². The lowest BCUT2D eigenvalue weighted by Gasteiger charge is -1.93. The van der Waals surface area contributed by atoms with E-state index in [0.29, 0.717) is 0 Å². The lowest BCUT2D eigenvalue weighted by Crippen LogP contribution is -3.00. The van der Waals surface area contributed by atoms with Gasteiger partial charge in [0.15, 0.2) is 12.4 Å². The Hall–Kier alpha value is -1.28. The molecule has 0 unspecified atom stereocenters. The predicted molar refractivity (Wildman–Crippen MR) is 90.2 cm³/mol. The van der Waals surface area contributed by atoms with Gasteiger partial charge in [0.05, 0.1) is 0 Å². The summed E-state index contributed by atoms with van der Waals surface area (Å²) in [6.07, 6.45) is 4.12. The highest BCUT2D eigenvalue weighted by Gasteiger charge is 2.00. The quantitative estimate of drug-likeness (QED) is 0.170. The topological polar surface area (TPSA) is 7.76 Å². The zero-order valence-electron chi connectivity index (χ0n) is 13.7. The number of halogens is 2. The lowest BCUT2D eigenvalue weighted by atomic mass is 10.2. The number of pyridine rings is 2. The predicted octanol–water partition coefficient (Wildman–Crippen LogP) is -2.66. The van der Waals surface area contributed by atoms with Crippen molar-refractivity contribution in [1.82, 2.24) is 0 Å². The Labute approximate surface area is 177 Å². The van der Waals surface area contributed by atoms with E-state index in [1.807, 2.05) is 0 Å². The second-order valence-corrected chi connectivity index (χ2v) is 5.36. The fourth-order valence-corrected chi connectivity index (χ4v) is 2.61. The Kier molecular flexibility index (Phi) is 8.55. The Morgan fingerprint density at radius 1 is 0.500 bits per heavy atom. The zero-order valence-corrected chi connectivity index (χ0v) is 18.0. The van der Waals surface area contributed by atoms with Crippen LogP contribution in [0.15, 0.2) is 85.2 Å². The van der Waals surface area contributed by atoms with Crippen LogP contribution >= 0.6 is 0 Å². The average molecular weight is 542 g/mol. The van der Waals surface area contributed by atoms with Gasteiger partial charge in [0.1, 0.15) is 14.1 Å². The molecule has 0 fully saturated rings. The van der Waals surface area contributed by atoms with E-state index in [0.717, 1.165) is 0 Å². The van der Waals surface area contributed by atoms with Crippen LogP contribution in [-0.2, 0) is 14.1 Å². The van der Waals surface area contributed by atoms with Crippen molar-refractivity contribution >= 4 is 21.8 Å². The number of aryl methyl sites for hydroxylation is 2. The van der Waals surface area contributed by atoms with E-state index in [4.69, 9.17) is 0 Å². The molecular formula is C20H20I2N2. The van der Waals surface area contributed by atoms with E-state index in [2.05, 4.69) is 108 Å². The summed E-state index contributed by atoms with van der Waals surface area (Å²) in [5.41, 5.74) is 2.55. The van der Waals surface area contributed by atoms with E-state index in [1.54, 1.807) is 0 Å². The first-order chi connectivity index (χ1) is 10.8. The normalized spacial score (nSPS) is 9.42. The molecule has 0 atom stereocenters. The summed E-state index contributed by atoms with van der Waals surface area (Å²) < 4.78 is 4.24. The fourth-order valence-electron chi connectivity index (χ4n) is 2.61. The smallest absolute Gasteiger partial charge is 0.212 e.